The molecule has 0 bridgehead atoms. The van der Waals surface area contributed by atoms with Gasteiger partial charge in [0.15, 0.2) is 10.2 Å². The number of fused-ring (bicyclic) bond motifs is 1. The van der Waals surface area contributed by atoms with Gasteiger partial charge in [0.1, 0.15) is 11.3 Å². The molecule has 32 heavy (non-hydrogen) atoms. The predicted molar refractivity (Wildman–Crippen MR) is 117 cm³/mol. The van der Waals surface area contributed by atoms with Crippen molar-refractivity contribution < 1.29 is 51.9 Å². The summed E-state index contributed by atoms with van der Waals surface area (Å²) in [6.45, 7) is 1.81. The van der Waals surface area contributed by atoms with Crippen LogP contribution < -0.4 is 44.6 Å². The van der Waals surface area contributed by atoms with Gasteiger partial charge in [0.25, 0.3) is 0 Å². The zero-order valence-electron chi connectivity index (χ0n) is 18.5. The number of carbonyl (C=O) groups is 1. The van der Waals surface area contributed by atoms with Crippen LogP contribution in [0.4, 0.5) is 10.5 Å². The Hall–Kier alpha value is -2.37. The Balaban J connectivity index is 0.00000363. The molecule has 164 valence electrons. The van der Waals surface area contributed by atoms with E-state index in [1.54, 1.807) is 57.4 Å². The first kappa shape index (κ1) is 25.9. The quantitative estimate of drug-likeness (QED) is 0.409. The van der Waals surface area contributed by atoms with Crippen molar-refractivity contribution in [3.63, 3.8) is 0 Å². The van der Waals surface area contributed by atoms with Crippen molar-refractivity contribution >= 4 is 33.0 Å². The van der Waals surface area contributed by atoms with E-state index in [4.69, 9.17) is 9.15 Å². The molecule has 3 rings (SSSR count). The van der Waals surface area contributed by atoms with Gasteiger partial charge in [-0.05, 0) is 37.2 Å². The number of nitrogens with zero attached hydrogens (tertiary/aromatic N) is 2. The Kier molecular flexibility index (Phi) is 8.49. The fourth-order valence-electron chi connectivity index (χ4n) is 2.95. The van der Waals surface area contributed by atoms with Crippen molar-refractivity contribution in [1.82, 2.24) is 9.62 Å². The van der Waals surface area contributed by atoms with Gasteiger partial charge in [-0.15, -0.1) is 5.69 Å². The molecule has 0 spiro atoms. The Morgan fingerprint density at radius 2 is 1.91 bits per heavy atom. The maximum absolute atomic E-state index is 12.6. The fraction of sp³-hybridized carbons (Fsp3) is 0.238. The molecule has 3 aromatic rings. The summed E-state index contributed by atoms with van der Waals surface area (Å²) < 4.78 is 39.8. The third-order valence-corrected chi connectivity index (χ3v) is 5.57. The fourth-order valence-corrected chi connectivity index (χ4v) is 3.43. The zero-order valence-corrected chi connectivity index (χ0v) is 21.3. The number of hydrogen-bond donors (Lipinski definition) is 1. The first-order chi connectivity index (χ1) is 14.6. The first-order valence-corrected chi connectivity index (χ1v) is 10.7. The van der Waals surface area contributed by atoms with Gasteiger partial charge in [-0.25, -0.2) is 22.7 Å². The van der Waals surface area contributed by atoms with E-state index in [9.17, 15) is 18.0 Å². The van der Waals surface area contributed by atoms with Crippen LogP contribution in [0.5, 0.6) is 5.75 Å². The summed E-state index contributed by atoms with van der Waals surface area (Å²) in [5, 5.41) is 0.706. The topological polar surface area (TPSA) is 120 Å². The van der Waals surface area contributed by atoms with E-state index in [1.807, 2.05) is 0 Å². The Morgan fingerprint density at radius 1 is 1.19 bits per heavy atom. The molecule has 0 aliphatic heterocycles. The number of amides is 1. The number of carbonyl (C=O) groups excluding carboxylic acids is 1. The van der Waals surface area contributed by atoms with Crippen LogP contribution in [0.3, 0.4) is 0 Å². The molecule has 1 amide bonds. The van der Waals surface area contributed by atoms with E-state index >= 15 is 0 Å². The second-order valence-electron chi connectivity index (χ2n) is 7.03. The SMILES string of the molecule is CNS(=O)(=O)[N-]c1cccc(Cc2c(C)c3ccc(OC(=O)N(C)C)cc3oc2=O)c1.[Na+]. The molecule has 11 heteroatoms. The molecule has 0 aliphatic carbocycles. The molecule has 2 aromatic carbocycles. The van der Waals surface area contributed by atoms with Crippen LogP contribution in [0, 0.1) is 6.92 Å². The molecule has 1 aromatic heterocycles. The largest absolute Gasteiger partial charge is 1.00 e. The van der Waals surface area contributed by atoms with E-state index in [-0.39, 0.29) is 47.4 Å². The van der Waals surface area contributed by atoms with Crippen LogP contribution in [-0.4, -0.2) is 40.6 Å². The summed E-state index contributed by atoms with van der Waals surface area (Å²) in [4.78, 5) is 25.7. The monoisotopic (exact) mass is 467 g/mol. The van der Waals surface area contributed by atoms with Gasteiger partial charge in [-0.3, -0.25) is 0 Å². The molecule has 0 fully saturated rings. The number of rotatable bonds is 6. The van der Waals surface area contributed by atoms with E-state index < -0.39 is 21.9 Å². The van der Waals surface area contributed by atoms with Crippen LogP contribution in [0.25, 0.3) is 15.7 Å². The molecule has 1 heterocycles. The van der Waals surface area contributed by atoms with Gasteiger partial charge in [-0.1, -0.05) is 24.3 Å². The van der Waals surface area contributed by atoms with E-state index in [2.05, 4.69) is 9.44 Å². The standard InChI is InChI=1S/C21H22N3O6S.Na/c1-13-17-9-8-16(29-21(26)24(3)4)12-19(17)30-20(25)18(13)11-14-6-5-7-15(10-14)23-31(27,28)22-2;/h5-10,12,22H,11H2,1-4H3;/q-1;+1. The maximum Gasteiger partial charge on any atom is 1.00 e. The van der Waals surface area contributed by atoms with E-state index in [0.29, 0.717) is 22.1 Å². The molecular weight excluding hydrogens is 445 g/mol. The van der Waals surface area contributed by atoms with Crippen molar-refractivity contribution in [2.24, 2.45) is 0 Å². The normalized spacial score (nSPS) is 11.0. The smallest absolute Gasteiger partial charge is 0.564 e. The Labute approximate surface area is 208 Å². The van der Waals surface area contributed by atoms with Crippen LogP contribution in [0.15, 0.2) is 51.7 Å². The van der Waals surface area contributed by atoms with Gasteiger partial charge in [0.05, 0.1) is 0 Å². The second kappa shape index (κ2) is 10.5. The minimum atomic E-state index is -3.77. The van der Waals surface area contributed by atoms with Crippen molar-refractivity contribution in [3.05, 3.63) is 74.3 Å². The second-order valence-corrected chi connectivity index (χ2v) is 8.57. The van der Waals surface area contributed by atoms with Gasteiger partial charge < -0.3 is 18.8 Å². The number of hydrogen-bond acceptors (Lipinski definition) is 6. The van der Waals surface area contributed by atoms with Crippen molar-refractivity contribution in [2.45, 2.75) is 13.3 Å². The van der Waals surface area contributed by atoms with Crippen molar-refractivity contribution in [2.75, 3.05) is 21.1 Å². The molecule has 0 saturated heterocycles. The first-order valence-electron chi connectivity index (χ1n) is 9.30. The minimum absolute atomic E-state index is 0. The van der Waals surface area contributed by atoms with Crippen molar-refractivity contribution in [3.8, 4) is 5.75 Å². The summed E-state index contributed by atoms with van der Waals surface area (Å²) in [6, 6.07) is 11.5. The molecular formula is C21H22N3NaO6S. The van der Waals surface area contributed by atoms with Gasteiger partial charge in [0.2, 0.25) is 0 Å². The summed E-state index contributed by atoms with van der Waals surface area (Å²) in [5.41, 5.74) is 1.91. The van der Waals surface area contributed by atoms with Crippen molar-refractivity contribution in [1.29, 1.82) is 0 Å². The summed E-state index contributed by atoms with van der Waals surface area (Å²) in [5.74, 6) is 0.265. The molecule has 0 radical (unpaired) electrons. The van der Waals surface area contributed by atoms with Crippen LogP contribution in [0.2, 0.25) is 0 Å². The average Bonchev–Trinajstić information content (AvgIpc) is 2.71. The van der Waals surface area contributed by atoms with Gasteiger partial charge in [0, 0.05) is 37.5 Å². The summed E-state index contributed by atoms with van der Waals surface area (Å²) in [7, 11) is 0.639. The van der Waals surface area contributed by atoms with Crippen LogP contribution in [-0.2, 0) is 16.6 Å². The average molecular weight is 467 g/mol. The zero-order chi connectivity index (χ0) is 22.8. The molecule has 0 aliphatic rings. The number of nitrogens with one attached hydrogen (secondary N) is 1. The molecule has 0 saturated carbocycles. The summed E-state index contributed by atoms with van der Waals surface area (Å²) >= 11 is 0. The van der Waals surface area contributed by atoms with Crippen LogP contribution in [0.1, 0.15) is 16.7 Å². The molecule has 1 N–H and O–H groups in total. The molecule has 0 unspecified atom stereocenters. The maximum atomic E-state index is 12.6. The molecule has 9 nitrogen and oxygen atoms in total. The summed E-state index contributed by atoms with van der Waals surface area (Å²) in [6.07, 6.45) is -0.301. The third-order valence-electron chi connectivity index (χ3n) is 4.60. The Morgan fingerprint density at radius 3 is 2.56 bits per heavy atom. The van der Waals surface area contributed by atoms with E-state index in [0.717, 1.165) is 5.56 Å². The number of aryl methyl sites for hydroxylation is 1. The predicted octanol–water partition coefficient (Wildman–Crippen LogP) is 0.226. The van der Waals surface area contributed by atoms with E-state index in [1.165, 1.54) is 18.0 Å². The van der Waals surface area contributed by atoms with Crippen LogP contribution >= 0.6 is 0 Å². The number of benzene rings is 2. The minimum Gasteiger partial charge on any atom is -0.564 e. The number of ether oxygens (including phenoxy) is 1. The van der Waals surface area contributed by atoms with Gasteiger partial charge in [-0.2, -0.15) is 0 Å². The molecule has 0 atom stereocenters. The van der Waals surface area contributed by atoms with Gasteiger partial charge >= 0.3 is 41.3 Å². The third kappa shape index (κ3) is 6.11. The Bertz CT molecular complexity index is 1300.